The second kappa shape index (κ2) is 8.10. The molecule has 1 aromatic carbocycles. The summed E-state index contributed by atoms with van der Waals surface area (Å²) in [5.41, 5.74) is 2.41. The Balaban J connectivity index is 1.88. The minimum atomic E-state index is -0.477. The zero-order valence-electron chi connectivity index (χ0n) is 13.6. The number of thioether (sulfide) groups is 1. The van der Waals surface area contributed by atoms with Crippen molar-refractivity contribution in [2.75, 3.05) is 12.4 Å². The number of rotatable bonds is 6. The monoisotopic (exact) mass is 385 g/mol. The molecule has 0 fully saturated rings. The maximum Gasteiger partial charge on any atom is 0.316 e. The van der Waals surface area contributed by atoms with Crippen molar-refractivity contribution >= 4 is 46.7 Å². The van der Waals surface area contributed by atoms with E-state index in [1.54, 1.807) is 24.3 Å². The average molecular weight is 386 g/mol. The van der Waals surface area contributed by atoms with E-state index in [2.05, 4.69) is 0 Å². The van der Waals surface area contributed by atoms with Crippen LogP contribution >= 0.6 is 35.0 Å². The molecular weight excluding hydrogens is 369 g/mol. The predicted octanol–water partition coefficient (Wildman–Crippen LogP) is 4.47. The van der Waals surface area contributed by atoms with Crippen LogP contribution in [-0.2, 0) is 16.6 Å². The lowest BCUT2D eigenvalue weighted by Crippen LogP contribution is -2.16. The number of Topliss-reactive ketones (excluding diaryl/α,β-unsaturated/α-hetero) is 1. The second-order valence-corrected chi connectivity index (χ2v) is 7.15. The minimum Gasteiger partial charge on any atom is -0.457 e. The molecule has 0 saturated heterocycles. The summed E-state index contributed by atoms with van der Waals surface area (Å²) in [5, 5.41) is 1.06. The van der Waals surface area contributed by atoms with E-state index in [0.717, 1.165) is 11.4 Å². The molecule has 0 aliphatic heterocycles. The van der Waals surface area contributed by atoms with Gasteiger partial charge in [-0.15, -0.1) is 11.8 Å². The molecule has 7 heteroatoms. The van der Waals surface area contributed by atoms with Crippen molar-refractivity contribution < 1.29 is 14.3 Å². The van der Waals surface area contributed by atoms with Crippen molar-refractivity contribution in [3.05, 3.63) is 51.3 Å². The Morgan fingerprint density at radius 1 is 1.21 bits per heavy atom. The predicted molar refractivity (Wildman–Crippen MR) is 97.4 cm³/mol. The fourth-order valence-corrected chi connectivity index (χ4v) is 3.42. The summed E-state index contributed by atoms with van der Waals surface area (Å²) in [6.45, 7) is 3.51. The van der Waals surface area contributed by atoms with Crippen LogP contribution in [0.2, 0.25) is 10.0 Å². The van der Waals surface area contributed by atoms with Crippen LogP contribution < -0.4 is 0 Å². The zero-order chi connectivity index (χ0) is 17.9. The highest BCUT2D eigenvalue weighted by atomic mass is 35.5. The van der Waals surface area contributed by atoms with Gasteiger partial charge in [0.25, 0.3) is 0 Å². The Morgan fingerprint density at radius 2 is 1.92 bits per heavy atom. The van der Waals surface area contributed by atoms with Gasteiger partial charge in [-0.2, -0.15) is 0 Å². The number of carbonyl (C=O) groups excluding carboxylic acids is 2. The van der Waals surface area contributed by atoms with Crippen molar-refractivity contribution in [3.8, 4) is 0 Å². The third-order valence-electron chi connectivity index (χ3n) is 3.68. The van der Waals surface area contributed by atoms with Crippen LogP contribution in [0.25, 0.3) is 0 Å². The molecule has 128 valence electrons. The van der Waals surface area contributed by atoms with E-state index in [-0.39, 0.29) is 18.1 Å². The highest BCUT2D eigenvalue weighted by molar-refractivity contribution is 8.00. The van der Waals surface area contributed by atoms with Gasteiger partial charge < -0.3 is 9.30 Å². The Kier molecular flexibility index (Phi) is 6.38. The lowest BCUT2D eigenvalue weighted by Gasteiger charge is -2.06. The van der Waals surface area contributed by atoms with Gasteiger partial charge in [0, 0.05) is 33.9 Å². The topological polar surface area (TPSA) is 48.3 Å². The fourth-order valence-electron chi connectivity index (χ4n) is 2.13. The first kappa shape index (κ1) is 18.9. The average Bonchev–Trinajstić information content (AvgIpc) is 2.81. The first-order chi connectivity index (χ1) is 11.3. The number of hydrogen-bond donors (Lipinski definition) is 0. The minimum absolute atomic E-state index is 0.0557. The van der Waals surface area contributed by atoms with Crippen LogP contribution in [-0.4, -0.2) is 28.7 Å². The van der Waals surface area contributed by atoms with Gasteiger partial charge in [-0.3, -0.25) is 9.59 Å². The number of hydrogen-bond acceptors (Lipinski definition) is 4. The van der Waals surface area contributed by atoms with Gasteiger partial charge >= 0.3 is 5.97 Å². The standard InChI is InChI=1S/C17H17Cl2NO3S/c1-10-6-13(11(2)20(10)3)15(21)8-23-17(22)9-24-16-7-12(18)4-5-14(16)19/h4-7H,8-9H2,1-3H3. The second-order valence-electron chi connectivity index (χ2n) is 5.29. The molecule has 2 aromatic rings. The molecule has 1 aromatic heterocycles. The molecule has 2 rings (SSSR count). The molecule has 0 aliphatic rings. The van der Waals surface area contributed by atoms with Crippen LogP contribution in [0, 0.1) is 13.8 Å². The number of nitrogens with zero attached hydrogens (tertiary/aromatic N) is 1. The van der Waals surface area contributed by atoms with Crippen LogP contribution in [0.4, 0.5) is 0 Å². The maximum atomic E-state index is 12.2. The van der Waals surface area contributed by atoms with Gasteiger partial charge in [0.05, 0.1) is 10.8 Å². The number of halogens is 2. The lowest BCUT2D eigenvalue weighted by molar-refractivity contribution is -0.139. The van der Waals surface area contributed by atoms with Crippen LogP contribution in [0.3, 0.4) is 0 Å². The van der Waals surface area contributed by atoms with Crippen LogP contribution in [0.1, 0.15) is 21.7 Å². The molecule has 1 heterocycles. The van der Waals surface area contributed by atoms with Gasteiger partial charge in [0.2, 0.25) is 5.78 Å². The molecule has 0 unspecified atom stereocenters. The summed E-state index contributed by atoms with van der Waals surface area (Å²) >= 11 is 13.2. The highest BCUT2D eigenvalue weighted by Gasteiger charge is 2.16. The smallest absolute Gasteiger partial charge is 0.316 e. The molecule has 0 bridgehead atoms. The van der Waals surface area contributed by atoms with Crippen molar-refractivity contribution in [2.24, 2.45) is 7.05 Å². The quantitative estimate of drug-likeness (QED) is 0.418. The number of ketones is 1. The van der Waals surface area contributed by atoms with Crippen molar-refractivity contribution in [2.45, 2.75) is 18.7 Å². The molecule has 0 atom stereocenters. The van der Waals surface area contributed by atoms with E-state index in [1.165, 1.54) is 11.8 Å². The first-order valence-corrected chi connectivity index (χ1v) is 8.93. The van der Waals surface area contributed by atoms with Crippen LogP contribution in [0.15, 0.2) is 29.2 Å². The summed E-state index contributed by atoms with van der Waals surface area (Å²) in [4.78, 5) is 24.7. The third kappa shape index (κ3) is 4.56. The summed E-state index contributed by atoms with van der Waals surface area (Å²) in [6, 6.07) is 6.83. The Bertz CT molecular complexity index is 786. The molecule has 0 N–H and O–H groups in total. The molecule has 0 spiro atoms. The largest absolute Gasteiger partial charge is 0.457 e. The molecule has 0 amide bonds. The first-order valence-electron chi connectivity index (χ1n) is 7.19. The zero-order valence-corrected chi connectivity index (χ0v) is 15.9. The highest BCUT2D eigenvalue weighted by Crippen LogP contribution is 2.29. The van der Waals surface area contributed by atoms with E-state index < -0.39 is 5.97 Å². The third-order valence-corrected chi connectivity index (χ3v) is 5.38. The van der Waals surface area contributed by atoms with E-state index in [4.69, 9.17) is 27.9 Å². The van der Waals surface area contributed by atoms with Crippen LogP contribution in [0.5, 0.6) is 0 Å². The number of ether oxygens (including phenoxy) is 1. The number of carbonyl (C=O) groups is 2. The number of aromatic nitrogens is 1. The summed E-state index contributed by atoms with van der Waals surface area (Å²) < 4.78 is 6.98. The Labute approximate surface area is 155 Å². The van der Waals surface area contributed by atoms with Gasteiger partial charge in [0.15, 0.2) is 6.61 Å². The summed E-state index contributed by atoms with van der Waals surface area (Å²) in [7, 11) is 1.89. The Hall–Kier alpha value is -1.43. The molecule has 4 nitrogen and oxygen atoms in total. The SMILES string of the molecule is Cc1cc(C(=O)COC(=O)CSc2cc(Cl)ccc2Cl)c(C)n1C. The number of esters is 1. The van der Waals surface area contributed by atoms with E-state index in [0.29, 0.717) is 20.5 Å². The van der Waals surface area contributed by atoms with E-state index in [9.17, 15) is 9.59 Å². The summed E-state index contributed by atoms with van der Waals surface area (Å²) in [5.74, 6) is -0.634. The normalized spacial score (nSPS) is 10.7. The van der Waals surface area contributed by atoms with Crippen molar-refractivity contribution in [1.29, 1.82) is 0 Å². The Morgan fingerprint density at radius 3 is 2.54 bits per heavy atom. The van der Waals surface area contributed by atoms with Crippen molar-refractivity contribution in [1.82, 2.24) is 4.57 Å². The maximum absolute atomic E-state index is 12.2. The van der Waals surface area contributed by atoms with Gasteiger partial charge in [-0.05, 0) is 38.1 Å². The number of benzene rings is 1. The molecule has 24 heavy (non-hydrogen) atoms. The molecule has 0 radical (unpaired) electrons. The molecule has 0 saturated carbocycles. The fraction of sp³-hybridized carbons (Fsp3) is 0.294. The van der Waals surface area contributed by atoms with Gasteiger partial charge in [0.1, 0.15) is 0 Å². The van der Waals surface area contributed by atoms with E-state index >= 15 is 0 Å². The number of aryl methyl sites for hydroxylation is 1. The van der Waals surface area contributed by atoms with Gasteiger partial charge in [-0.25, -0.2) is 0 Å². The molecular formula is C17H17Cl2NO3S. The summed E-state index contributed by atoms with van der Waals surface area (Å²) in [6.07, 6.45) is 0. The van der Waals surface area contributed by atoms with Gasteiger partial charge in [-0.1, -0.05) is 23.2 Å². The van der Waals surface area contributed by atoms with E-state index in [1.807, 2.05) is 25.5 Å². The lowest BCUT2D eigenvalue weighted by atomic mass is 10.1. The van der Waals surface area contributed by atoms with Crippen molar-refractivity contribution in [3.63, 3.8) is 0 Å². The molecule has 0 aliphatic carbocycles.